The lowest BCUT2D eigenvalue weighted by atomic mass is 10.1. The Kier molecular flexibility index (Phi) is 4.22. The summed E-state index contributed by atoms with van der Waals surface area (Å²) in [4.78, 5) is 1.05. The first-order valence-corrected chi connectivity index (χ1v) is 6.54. The predicted molar refractivity (Wildman–Crippen MR) is 77.3 cm³/mol. The second kappa shape index (κ2) is 6.07. The summed E-state index contributed by atoms with van der Waals surface area (Å²) in [5.41, 5.74) is 1.41. The van der Waals surface area contributed by atoms with Crippen molar-refractivity contribution in [2.24, 2.45) is 0 Å². The Morgan fingerprint density at radius 3 is 2.58 bits per heavy atom. The standard InChI is InChI=1S/C15H13NO2S/c1-17-14-6-5-11(9-15(14)18-2)12(10-16)8-13-4-3-7-19-13/h3-9H,1-2H3/b12-8+. The number of hydrogen-bond donors (Lipinski definition) is 0. The van der Waals surface area contributed by atoms with Crippen molar-refractivity contribution in [2.45, 2.75) is 0 Å². The molecule has 2 aromatic rings. The fourth-order valence-corrected chi connectivity index (χ4v) is 2.36. The fourth-order valence-electron chi connectivity index (χ4n) is 1.70. The van der Waals surface area contributed by atoms with Crippen LogP contribution in [0.5, 0.6) is 11.5 Å². The lowest BCUT2D eigenvalue weighted by Gasteiger charge is -2.08. The maximum atomic E-state index is 9.28. The summed E-state index contributed by atoms with van der Waals surface area (Å²) in [7, 11) is 3.17. The number of hydrogen-bond acceptors (Lipinski definition) is 4. The molecule has 1 aromatic heterocycles. The van der Waals surface area contributed by atoms with Gasteiger partial charge in [-0.1, -0.05) is 6.07 Å². The fraction of sp³-hybridized carbons (Fsp3) is 0.133. The zero-order chi connectivity index (χ0) is 13.7. The zero-order valence-electron chi connectivity index (χ0n) is 10.7. The number of nitriles is 1. The van der Waals surface area contributed by atoms with Crippen LogP contribution in [0, 0.1) is 11.3 Å². The second-order valence-corrected chi connectivity index (χ2v) is 4.73. The van der Waals surface area contributed by atoms with Gasteiger partial charge in [0.1, 0.15) is 0 Å². The maximum Gasteiger partial charge on any atom is 0.161 e. The third-order valence-electron chi connectivity index (χ3n) is 2.64. The molecule has 0 amide bonds. The first-order chi connectivity index (χ1) is 9.28. The molecule has 1 heterocycles. The summed E-state index contributed by atoms with van der Waals surface area (Å²) in [6, 6.07) is 11.6. The summed E-state index contributed by atoms with van der Waals surface area (Å²) in [5, 5.41) is 11.3. The first-order valence-electron chi connectivity index (χ1n) is 5.66. The average Bonchev–Trinajstić information content (AvgIpc) is 2.97. The van der Waals surface area contributed by atoms with Gasteiger partial charge in [0.2, 0.25) is 0 Å². The first kappa shape index (κ1) is 13.2. The van der Waals surface area contributed by atoms with Gasteiger partial charge in [-0.05, 0) is 41.3 Å². The number of ether oxygens (including phenoxy) is 2. The highest BCUT2D eigenvalue weighted by atomic mass is 32.1. The van der Waals surface area contributed by atoms with E-state index < -0.39 is 0 Å². The zero-order valence-corrected chi connectivity index (χ0v) is 11.5. The highest BCUT2D eigenvalue weighted by Gasteiger charge is 2.08. The Balaban J connectivity index is 2.42. The number of methoxy groups -OCH3 is 2. The molecular weight excluding hydrogens is 258 g/mol. The van der Waals surface area contributed by atoms with Crippen molar-refractivity contribution in [2.75, 3.05) is 14.2 Å². The number of benzene rings is 1. The van der Waals surface area contributed by atoms with Crippen molar-refractivity contribution in [3.05, 3.63) is 46.2 Å². The number of thiophene rings is 1. The molecule has 0 saturated heterocycles. The predicted octanol–water partition coefficient (Wildman–Crippen LogP) is 3.83. The van der Waals surface area contributed by atoms with Gasteiger partial charge >= 0.3 is 0 Å². The molecule has 1 aromatic carbocycles. The molecule has 2 rings (SSSR count). The van der Waals surface area contributed by atoms with Gasteiger partial charge in [-0.15, -0.1) is 11.3 Å². The third kappa shape index (κ3) is 2.95. The van der Waals surface area contributed by atoms with Crippen LogP contribution >= 0.6 is 11.3 Å². The van der Waals surface area contributed by atoms with Gasteiger partial charge in [0.15, 0.2) is 11.5 Å². The summed E-state index contributed by atoms with van der Waals surface area (Å²) >= 11 is 1.60. The largest absolute Gasteiger partial charge is 0.493 e. The number of rotatable bonds is 4. The van der Waals surface area contributed by atoms with Crippen LogP contribution in [-0.4, -0.2) is 14.2 Å². The molecule has 0 bridgehead atoms. The summed E-state index contributed by atoms with van der Waals surface area (Å²) in [6.45, 7) is 0. The number of nitrogens with zero attached hydrogens (tertiary/aromatic N) is 1. The molecule has 4 heteroatoms. The van der Waals surface area contributed by atoms with Gasteiger partial charge in [-0.25, -0.2) is 0 Å². The molecule has 3 nitrogen and oxygen atoms in total. The van der Waals surface area contributed by atoms with Crippen molar-refractivity contribution < 1.29 is 9.47 Å². The molecule has 0 fully saturated rings. The monoisotopic (exact) mass is 271 g/mol. The molecule has 0 aliphatic carbocycles. The molecule has 0 aliphatic heterocycles. The van der Waals surface area contributed by atoms with Crippen LogP contribution in [0.1, 0.15) is 10.4 Å². The minimum atomic E-state index is 0.600. The van der Waals surface area contributed by atoms with Gasteiger partial charge in [-0.3, -0.25) is 0 Å². The molecule has 19 heavy (non-hydrogen) atoms. The Morgan fingerprint density at radius 1 is 1.21 bits per heavy atom. The van der Waals surface area contributed by atoms with Crippen molar-refractivity contribution in [3.8, 4) is 17.6 Å². The SMILES string of the molecule is COc1ccc(/C(C#N)=C/c2cccs2)cc1OC. The lowest BCUT2D eigenvalue weighted by molar-refractivity contribution is 0.355. The third-order valence-corrected chi connectivity index (χ3v) is 3.46. The second-order valence-electron chi connectivity index (χ2n) is 3.75. The summed E-state index contributed by atoms with van der Waals surface area (Å²) < 4.78 is 10.4. The Labute approximate surface area is 116 Å². The van der Waals surface area contributed by atoms with Crippen molar-refractivity contribution in [3.63, 3.8) is 0 Å². The van der Waals surface area contributed by atoms with Gasteiger partial charge < -0.3 is 9.47 Å². The smallest absolute Gasteiger partial charge is 0.161 e. The van der Waals surface area contributed by atoms with Crippen LogP contribution in [-0.2, 0) is 0 Å². The van der Waals surface area contributed by atoms with Crippen molar-refractivity contribution >= 4 is 23.0 Å². The minimum absolute atomic E-state index is 0.600. The van der Waals surface area contributed by atoms with Crippen LogP contribution in [0.4, 0.5) is 0 Å². The summed E-state index contributed by atoms with van der Waals surface area (Å²) in [6.07, 6.45) is 1.87. The van der Waals surface area contributed by atoms with Gasteiger partial charge in [0.25, 0.3) is 0 Å². The molecule has 0 saturated carbocycles. The van der Waals surface area contributed by atoms with E-state index in [1.54, 1.807) is 31.6 Å². The topological polar surface area (TPSA) is 42.2 Å². The highest BCUT2D eigenvalue weighted by molar-refractivity contribution is 7.10. The Bertz CT molecular complexity index is 624. The average molecular weight is 271 g/mol. The van der Waals surface area contributed by atoms with E-state index in [0.29, 0.717) is 17.1 Å². The van der Waals surface area contributed by atoms with Gasteiger partial charge in [0.05, 0.1) is 25.9 Å². The molecule has 0 N–H and O–H groups in total. The Morgan fingerprint density at radius 2 is 2.00 bits per heavy atom. The molecular formula is C15H13NO2S. The molecule has 0 radical (unpaired) electrons. The van der Waals surface area contributed by atoms with E-state index in [1.807, 2.05) is 35.7 Å². The minimum Gasteiger partial charge on any atom is -0.493 e. The maximum absolute atomic E-state index is 9.28. The van der Waals surface area contributed by atoms with Crippen LogP contribution < -0.4 is 9.47 Å². The lowest BCUT2D eigenvalue weighted by Crippen LogP contribution is -1.92. The quantitative estimate of drug-likeness (QED) is 0.794. The Hall–Kier alpha value is -2.25. The molecule has 0 unspecified atom stereocenters. The highest BCUT2D eigenvalue weighted by Crippen LogP contribution is 2.31. The summed E-state index contributed by atoms with van der Waals surface area (Å²) in [5.74, 6) is 1.27. The van der Waals surface area contributed by atoms with E-state index in [-0.39, 0.29) is 0 Å². The van der Waals surface area contributed by atoms with Crippen LogP contribution in [0.15, 0.2) is 35.7 Å². The molecule has 0 aliphatic rings. The van der Waals surface area contributed by atoms with E-state index >= 15 is 0 Å². The molecule has 0 atom stereocenters. The van der Waals surface area contributed by atoms with Crippen LogP contribution in [0.3, 0.4) is 0 Å². The van der Waals surface area contributed by atoms with Crippen LogP contribution in [0.2, 0.25) is 0 Å². The van der Waals surface area contributed by atoms with Crippen molar-refractivity contribution in [1.82, 2.24) is 0 Å². The van der Waals surface area contributed by atoms with E-state index in [1.165, 1.54) is 0 Å². The van der Waals surface area contributed by atoms with Crippen LogP contribution in [0.25, 0.3) is 11.6 Å². The normalized spacial score (nSPS) is 10.9. The molecule has 96 valence electrons. The molecule has 0 spiro atoms. The van der Waals surface area contributed by atoms with E-state index in [0.717, 1.165) is 10.4 Å². The van der Waals surface area contributed by atoms with E-state index in [2.05, 4.69) is 6.07 Å². The van der Waals surface area contributed by atoms with Gasteiger partial charge in [-0.2, -0.15) is 5.26 Å². The van der Waals surface area contributed by atoms with E-state index in [9.17, 15) is 5.26 Å². The van der Waals surface area contributed by atoms with Gasteiger partial charge in [0, 0.05) is 4.88 Å². The van der Waals surface area contributed by atoms with E-state index in [4.69, 9.17) is 9.47 Å². The van der Waals surface area contributed by atoms with Crippen molar-refractivity contribution in [1.29, 1.82) is 5.26 Å². The number of allylic oxidation sites excluding steroid dienone is 1.